The van der Waals surface area contributed by atoms with Gasteiger partial charge in [0.05, 0.1) is 0 Å². The molecule has 2 aromatic rings. The van der Waals surface area contributed by atoms with E-state index >= 15 is 0 Å². The van der Waals surface area contributed by atoms with Crippen LogP contribution in [0.25, 0.3) is 5.82 Å². The van der Waals surface area contributed by atoms with Crippen LogP contribution in [-0.4, -0.2) is 58.0 Å². The summed E-state index contributed by atoms with van der Waals surface area (Å²) in [6.45, 7) is 0. The molecule has 1 N–H and O–H groups in total. The predicted octanol–water partition coefficient (Wildman–Crippen LogP) is 1.13. The molecule has 2 rings (SSSR count). The molecule has 0 saturated heterocycles. The van der Waals surface area contributed by atoms with Crippen molar-refractivity contribution in [2.24, 2.45) is 0 Å². The topological polar surface area (TPSA) is 75.9 Å². The molecular weight excluding hydrogens is 276 g/mol. The summed E-state index contributed by atoms with van der Waals surface area (Å²) in [7, 11) is 5.17. The normalized spacial score (nSPS) is 10.4. The van der Waals surface area contributed by atoms with Gasteiger partial charge in [-0.15, -0.1) is 0 Å². The lowest BCUT2D eigenvalue weighted by atomic mass is 10.4. The maximum Gasteiger partial charge on any atom is 0.273 e. The molecule has 2 aromatic heterocycles. The molecule has 0 spiro atoms. The van der Waals surface area contributed by atoms with Gasteiger partial charge in [0.15, 0.2) is 16.7 Å². The smallest absolute Gasteiger partial charge is 0.273 e. The Balaban J connectivity index is 2.39. The summed E-state index contributed by atoms with van der Waals surface area (Å²) in [5.74, 6) is 1.18. The highest BCUT2D eigenvalue weighted by atomic mass is 32.2. The summed E-state index contributed by atoms with van der Waals surface area (Å²) in [5.41, 5.74) is 0.380. The summed E-state index contributed by atoms with van der Waals surface area (Å²) >= 11 is 1.45. The Morgan fingerprint density at radius 1 is 1.40 bits per heavy atom. The Bertz CT molecular complexity index is 602. The van der Waals surface area contributed by atoms with Gasteiger partial charge < -0.3 is 10.2 Å². The fraction of sp³-hybridized carbons (Fsp3) is 0.333. The highest BCUT2D eigenvalue weighted by molar-refractivity contribution is 7.98. The van der Waals surface area contributed by atoms with Crippen LogP contribution in [0.2, 0.25) is 0 Å². The summed E-state index contributed by atoms with van der Waals surface area (Å²) in [4.78, 5) is 22.0. The first kappa shape index (κ1) is 14.3. The molecule has 0 aliphatic heterocycles. The standard InChI is InChI=1S/C12H16N6OS/c1-13-9-7-10(15-12(14-9)20-4)18-6-5-8(16-18)11(19)17(2)3/h5-7H,1-4H3,(H,13,14,15). The maximum absolute atomic E-state index is 11.8. The van der Waals surface area contributed by atoms with E-state index < -0.39 is 0 Å². The van der Waals surface area contributed by atoms with E-state index in [1.54, 1.807) is 44.2 Å². The van der Waals surface area contributed by atoms with E-state index in [1.165, 1.54) is 16.7 Å². The number of carbonyl (C=O) groups is 1. The third-order valence-corrected chi connectivity index (χ3v) is 3.13. The van der Waals surface area contributed by atoms with Crippen molar-refractivity contribution in [3.8, 4) is 5.82 Å². The zero-order valence-electron chi connectivity index (χ0n) is 11.8. The molecule has 0 radical (unpaired) electrons. The Kier molecular flexibility index (Phi) is 4.23. The number of thioether (sulfide) groups is 1. The van der Waals surface area contributed by atoms with Crippen LogP contribution >= 0.6 is 11.8 Å². The Labute approximate surface area is 121 Å². The number of carbonyl (C=O) groups excluding carboxylic acids is 1. The summed E-state index contributed by atoms with van der Waals surface area (Å²) in [6, 6.07) is 3.44. The summed E-state index contributed by atoms with van der Waals surface area (Å²) < 4.78 is 1.57. The van der Waals surface area contributed by atoms with Crippen molar-refractivity contribution in [1.29, 1.82) is 0 Å². The average Bonchev–Trinajstić information content (AvgIpc) is 2.95. The molecule has 20 heavy (non-hydrogen) atoms. The molecule has 0 fully saturated rings. The Hall–Kier alpha value is -2.09. The van der Waals surface area contributed by atoms with E-state index in [2.05, 4.69) is 20.4 Å². The van der Waals surface area contributed by atoms with Crippen LogP contribution in [0.4, 0.5) is 5.82 Å². The lowest BCUT2D eigenvalue weighted by Crippen LogP contribution is -2.22. The molecule has 106 valence electrons. The van der Waals surface area contributed by atoms with E-state index in [1.807, 2.05) is 6.26 Å². The van der Waals surface area contributed by atoms with Crippen LogP contribution in [0.5, 0.6) is 0 Å². The second kappa shape index (κ2) is 5.91. The third-order valence-electron chi connectivity index (χ3n) is 2.58. The van der Waals surface area contributed by atoms with Gasteiger partial charge in [-0.3, -0.25) is 4.79 Å². The molecule has 1 amide bonds. The SMILES string of the molecule is CNc1cc(-n2ccc(C(=O)N(C)C)n2)nc(SC)n1. The molecule has 7 nitrogen and oxygen atoms in total. The minimum absolute atomic E-state index is 0.142. The molecule has 2 heterocycles. The van der Waals surface area contributed by atoms with Gasteiger partial charge in [0, 0.05) is 33.4 Å². The molecule has 0 aromatic carbocycles. The number of hydrogen-bond donors (Lipinski definition) is 1. The van der Waals surface area contributed by atoms with Crippen molar-refractivity contribution in [3.63, 3.8) is 0 Å². The molecule has 0 bridgehead atoms. The molecule has 8 heteroatoms. The van der Waals surface area contributed by atoms with Gasteiger partial charge in [0.25, 0.3) is 5.91 Å². The first-order valence-electron chi connectivity index (χ1n) is 5.93. The van der Waals surface area contributed by atoms with E-state index in [4.69, 9.17) is 0 Å². The fourth-order valence-corrected chi connectivity index (χ4v) is 1.92. The van der Waals surface area contributed by atoms with Crippen molar-refractivity contribution >= 4 is 23.5 Å². The van der Waals surface area contributed by atoms with Gasteiger partial charge in [0.1, 0.15) is 5.82 Å². The number of hydrogen-bond acceptors (Lipinski definition) is 6. The summed E-state index contributed by atoms with van der Waals surface area (Å²) in [5, 5.41) is 7.87. The van der Waals surface area contributed by atoms with Gasteiger partial charge in [-0.25, -0.2) is 14.6 Å². The van der Waals surface area contributed by atoms with Crippen molar-refractivity contribution in [2.75, 3.05) is 32.7 Å². The fourth-order valence-electron chi connectivity index (χ4n) is 1.54. The zero-order valence-corrected chi connectivity index (χ0v) is 12.6. The van der Waals surface area contributed by atoms with Gasteiger partial charge in [0.2, 0.25) is 0 Å². The van der Waals surface area contributed by atoms with Crippen LogP contribution in [-0.2, 0) is 0 Å². The van der Waals surface area contributed by atoms with Crippen molar-refractivity contribution < 1.29 is 4.79 Å². The lowest BCUT2D eigenvalue weighted by Gasteiger charge is -2.08. The molecule has 0 atom stereocenters. The molecule has 0 aliphatic carbocycles. The zero-order chi connectivity index (χ0) is 14.7. The van der Waals surface area contributed by atoms with E-state index in [-0.39, 0.29) is 5.91 Å². The highest BCUT2D eigenvalue weighted by Gasteiger charge is 2.13. The van der Waals surface area contributed by atoms with Crippen LogP contribution in [0.1, 0.15) is 10.5 Å². The van der Waals surface area contributed by atoms with E-state index in [0.717, 1.165) is 0 Å². The van der Waals surface area contributed by atoms with Crippen molar-refractivity contribution in [3.05, 3.63) is 24.0 Å². The van der Waals surface area contributed by atoms with Crippen molar-refractivity contribution in [1.82, 2.24) is 24.6 Å². The second-order valence-electron chi connectivity index (χ2n) is 4.19. The number of anilines is 1. The van der Waals surface area contributed by atoms with E-state index in [0.29, 0.717) is 22.5 Å². The average molecular weight is 292 g/mol. The minimum Gasteiger partial charge on any atom is -0.373 e. The largest absolute Gasteiger partial charge is 0.373 e. The number of nitrogens with zero attached hydrogens (tertiary/aromatic N) is 5. The first-order chi connectivity index (χ1) is 9.55. The monoisotopic (exact) mass is 292 g/mol. The minimum atomic E-state index is -0.142. The van der Waals surface area contributed by atoms with Gasteiger partial charge in [-0.05, 0) is 12.3 Å². The van der Waals surface area contributed by atoms with Gasteiger partial charge in [-0.1, -0.05) is 11.8 Å². The van der Waals surface area contributed by atoms with Crippen molar-refractivity contribution in [2.45, 2.75) is 5.16 Å². The molecule has 0 saturated carbocycles. The van der Waals surface area contributed by atoms with Gasteiger partial charge in [-0.2, -0.15) is 5.10 Å². The number of rotatable bonds is 4. The molecular formula is C12H16N6OS. The highest BCUT2D eigenvalue weighted by Crippen LogP contribution is 2.16. The Morgan fingerprint density at radius 3 is 2.75 bits per heavy atom. The Morgan fingerprint density at radius 2 is 2.15 bits per heavy atom. The second-order valence-corrected chi connectivity index (χ2v) is 4.97. The number of aromatic nitrogens is 4. The van der Waals surface area contributed by atoms with Crippen LogP contribution in [0, 0.1) is 0 Å². The number of nitrogens with one attached hydrogen (secondary N) is 1. The lowest BCUT2D eigenvalue weighted by molar-refractivity contribution is 0.0821. The quantitative estimate of drug-likeness (QED) is 0.672. The molecule has 0 unspecified atom stereocenters. The summed E-state index contributed by atoms with van der Waals surface area (Å²) in [6.07, 6.45) is 3.62. The maximum atomic E-state index is 11.8. The van der Waals surface area contributed by atoms with Crippen LogP contribution in [0.3, 0.4) is 0 Å². The first-order valence-corrected chi connectivity index (χ1v) is 7.16. The van der Waals surface area contributed by atoms with Crippen LogP contribution < -0.4 is 5.32 Å². The molecule has 0 aliphatic rings. The van der Waals surface area contributed by atoms with Crippen LogP contribution in [0.15, 0.2) is 23.5 Å². The number of amides is 1. The predicted molar refractivity (Wildman–Crippen MR) is 78.5 cm³/mol. The van der Waals surface area contributed by atoms with E-state index in [9.17, 15) is 4.79 Å². The third kappa shape index (κ3) is 2.90. The van der Waals surface area contributed by atoms with Gasteiger partial charge >= 0.3 is 0 Å².